The number of hydrogen-bond acceptors (Lipinski definition) is 3. The standard InChI is InChI=1S/C20H19N3O/c1-20(2)12-14-10-6-7-11-15(14)17-16(20)19(24)23(21)18(22-17)13-8-4-3-5-9-13/h3-11H,12,21H2,1-2H3. The molecule has 4 heteroatoms. The van der Waals surface area contributed by atoms with Crippen LogP contribution in [0.4, 0.5) is 0 Å². The monoisotopic (exact) mass is 317 g/mol. The number of nitrogens with zero attached hydrogens (tertiary/aromatic N) is 2. The molecule has 0 aliphatic heterocycles. The molecule has 0 fully saturated rings. The highest BCUT2D eigenvalue weighted by Gasteiger charge is 2.35. The normalized spacial score (nSPS) is 14.8. The molecule has 120 valence electrons. The fraction of sp³-hybridized carbons (Fsp3) is 0.200. The SMILES string of the molecule is CC1(C)Cc2ccccc2-c2nc(-c3ccccc3)n(N)c(=O)c21. The van der Waals surface area contributed by atoms with Gasteiger partial charge in [0.1, 0.15) is 0 Å². The van der Waals surface area contributed by atoms with Crippen molar-refractivity contribution >= 4 is 0 Å². The first-order chi connectivity index (χ1) is 11.5. The second-order valence-corrected chi connectivity index (χ2v) is 6.92. The molecule has 0 atom stereocenters. The zero-order valence-corrected chi connectivity index (χ0v) is 13.8. The van der Waals surface area contributed by atoms with Crippen LogP contribution in [0.3, 0.4) is 0 Å². The van der Waals surface area contributed by atoms with E-state index in [-0.39, 0.29) is 11.0 Å². The number of rotatable bonds is 1. The van der Waals surface area contributed by atoms with Crippen LogP contribution in [0, 0.1) is 0 Å². The molecule has 1 aliphatic rings. The molecule has 1 heterocycles. The lowest BCUT2D eigenvalue weighted by Gasteiger charge is -2.33. The first-order valence-electron chi connectivity index (χ1n) is 8.05. The van der Waals surface area contributed by atoms with Crippen molar-refractivity contribution < 1.29 is 0 Å². The van der Waals surface area contributed by atoms with E-state index in [1.807, 2.05) is 48.5 Å². The maximum atomic E-state index is 13.0. The molecule has 2 N–H and O–H groups in total. The van der Waals surface area contributed by atoms with Gasteiger partial charge in [-0.1, -0.05) is 68.4 Å². The van der Waals surface area contributed by atoms with Gasteiger partial charge >= 0.3 is 0 Å². The number of benzene rings is 2. The van der Waals surface area contributed by atoms with E-state index >= 15 is 0 Å². The highest BCUT2D eigenvalue weighted by molar-refractivity contribution is 5.73. The summed E-state index contributed by atoms with van der Waals surface area (Å²) in [5.41, 5.74) is 4.07. The third-order valence-corrected chi connectivity index (χ3v) is 4.73. The Bertz CT molecular complexity index is 988. The van der Waals surface area contributed by atoms with E-state index < -0.39 is 0 Å². The Labute approximate surface area is 140 Å². The van der Waals surface area contributed by atoms with Gasteiger partial charge in [-0.25, -0.2) is 9.66 Å². The predicted molar refractivity (Wildman–Crippen MR) is 96.2 cm³/mol. The minimum absolute atomic E-state index is 0.168. The highest BCUT2D eigenvalue weighted by atomic mass is 16.1. The summed E-state index contributed by atoms with van der Waals surface area (Å²) in [6, 6.07) is 17.7. The minimum atomic E-state index is -0.301. The highest BCUT2D eigenvalue weighted by Crippen LogP contribution is 2.40. The van der Waals surface area contributed by atoms with Crippen LogP contribution in [0.1, 0.15) is 25.0 Å². The number of hydrogen-bond donors (Lipinski definition) is 1. The molecule has 4 nitrogen and oxygen atoms in total. The van der Waals surface area contributed by atoms with Crippen LogP contribution >= 0.6 is 0 Å². The van der Waals surface area contributed by atoms with Crippen molar-refractivity contribution in [3.05, 3.63) is 76.1 Å². The van der Waals surface area contributed by atoms with Gasteiger partial charge in [-0.05, 0) is 12.0 Å². The molecule has 0 spiro atoms. The Morgan fingerprint density at radius 2 is 1.71 bits per heavy atom. The second kappa shape index (κ2) is 5.06. The zero-order valence-electron chi connectivity index (χ0n) is 13.8. The average molecular weight is 317 g/mol. The summed E-state index contributed by atoms with van der Waals surface area (Å²) in [7, 11) is 0. The third-order valence-electron chi connectivity index (χ3n) is 4.73. The maximum absolute atomic E-state index is 13.0. The molecule has 0 amide bonds. The average Bonchev–Trinajstić information content (AvgIpc) is 2.57. The van der Waals surface area contributed by atoms with Crippen LogP contribution in [0.2, 0.25) is 0 Å². The Morgan fingerprint density at radius 1 is 1.04 bits per heavy atom. The molecule has 0 unspecified atom stereocenters. The van der Waals surface area contributed by atoms with Crippen molar-refractivity contribution in [3.63, 3.8) is 0 Å². The lowest BCUT2D eigenvalue weighted by Crippen LogP contribution is -2.41. The van der Waals surface area contributed by atoms with Gasteiger partial charge in [-0.15, -0.1) is 0 Å². The van der Waals surface area contributed by atoms with Crippen molar-refractivity contribution in [2.45, 2.75) is 25.7 Å². The number of nitrogen functional groups attached to an aromatic ring is 1. The lowest BCUT2D eigenvalue weighted by molar-refractivity contribution is 0.503. The van der Waals surface area contributed by atoms with Crippen molar-refractivity contribution in [1.29, 1.82) is 0 Å². The van der Waals surface area contributed by atoms with Crippen molar-refractivity contribution in [2.24, 2.45) is 0 Å². The quantitative estimate of drug-likeness (QED) is 0.701. The molecular formula is C20H19N3O. The van der Waals surface area contributed by atoms with Gasteiger partial charge < -0.3 is 5.84 Å². The number of nitrogens with two attached hydrogens (primary N) is 1. The predicted octanol–water partition coefficient (Wildman–Crippen LogP) is 3.12. The van der Waals surface area contributed by atoms with Crippen LogP contribution in [0.5, 0.6) is 0 Å². The molecular weight excluding hydrogens is 298 g/mol. The molecule has 0 bridgehead atoms. The van der Waals surface area contributed by atoms with Gasteiger partial charge in [0.05, 0.1) is 11.3 Å². The first-order valence-corrected chi connectivity index (χ1v) is 8.05. The molecule has 0 radical (unpaired) electrons. The van der Waals surface area contributed by atoms with Gasteiger partial charge in [0, 0.05) is 16.5 Å². The van der Waals surface area contributed by atoms with E-state index in [9.17, 15) is 4.79 Å². The third kappa shape index (κ3) is 2.07. The van der Waals surface area contributed by atoms with E-state index in [1.54, 1.807) is 0 Å². The van der Waals surface area contributed by atoms with E-state index in [4.69, 9.17) is 10.8 Å². The summed E-state index contributed by atoms with van der Waals surface area (Å²) >= 11 is 0. The summed E-state index contributed by atoms with van der Waals surface area (Å²) in [6.07, 6.45) is 0.803. The number of aromatic nitrogens is 2. The van der Waals surface area contributed by atoms with Crippen LogP contribution in [-0.4, -0.2) is 9.66 Å². The molecule has 4 rings (SSSR count). The number of fused-ring (bicyclic) bond motifs is 3. The molecule has 2 aromatic carbocycles. The zero-order chi connectivity index (χ0) is 16.9. The maximum Gasteiger partial charge on any atom is 0.276 e. The second-order valence-electron chi connectivity index (χ2n) is 6.92. The molecule has 3 aromatic rings. The molecule has 1 aliphatic carbocycles. The molecule has 24 heavy (non-hydrogen) atoms. The van der Waals surface area contributed by atoms with Crippen LogP contribution in [0.25, 0.3) is 22.6 Å². The van der Waals surface area contributed by atoms with Crippen LogP contribution in [-0.2, 0) is 11.8 Å². The van der Waals surface area contributed by atoms with Gasteiger partial charge in [-0.3, -0.25) is 4.79 Å². The van der Waals surface area contributed by atoms with E-state index in [2.05, 4.69) is 19.9 Å². The van der Waals surface area contributed by atoms with Crippen LogP contribution < -0.4 is 11.4 Å². The fourth-order valence-electron chi connectivity index (χ4n) is 3.60. The molecule has 1 aromatic heterocycles. The van der Waals surface area contributed by atoms with Gasteiger partial charge in [-0.2, -0.15) is 0 Å². The smallest absolute Gasteiger partial charge is 0.276 e. The van der Waals surface area contributed by atoms with Gasteiger partial charge in [0.2, 0.25) is 0 Å². The minimum Gasteiger partial charge on any atom is -0.334 e. The van der Waals surface area contributed by atoms with Gasteiger partial charge in [0.15, 0.2) is 5.82 Å². The summed E-state index contributed by atoms with van der Waals surface area (Å²) in [5, 5.41) is 0. The molecule has 0 saturated heterocycles. The summed E-state index contributed by atoms with van der Waals surface area (Å²) < 4.78 is 1.18. The summed E-state index contributed by atoms with van der Waals surface area (Å²) in [4.78, 5) is 17.8. The Kier molecular flexibility index (Phi) is 3.10. The Balaban J connectivity index is 2.09. The Morgan fingerprint density at radius 3 is 2.46 bits per heavy atom. The largest absolute Gasteiger partial charge is 0.334 e. The first kappa shape index (κ1) is 14.7. The van der Waals surface area contributed by atoms with E-state index in [0.717, 1.165) is 23.2 Å². The molecule has 0 saturated carbocycles. The van der Waals surface area contributed by atoms with Crippen molar-refractivity contribution in [3.8, 4) is 22.6 Å². The lowest BCUT2D eigenvalue weighted by atomic mass is 9.72. The topological polar surface area (TPSA) is 60.9 Å². The van der Waals surface area contributed by atoms with Gasteiger partial charge in [0.25, 0.3) is 5.56 Å². The summed E-state index contributed by atoms with van der Waals surface area (Å²) in [5.74, 6) is 6.61. The van der Waals surface area contributed by atoms with Crippen LogP contribution in [0.15, 0.2) is 59.4 Å². The van der Waals surface area contributed by atoms with Crippen molar-refractivity contribution in [1.82, 2.24) is 9.66 Å². The summed E-state index contributed by atoms with van der Waals surface area (Å²) in [6.45, 7) is 4.15. The Hall–Kier alpha value is -2.88. The van der Waals surface area contributed by atoms with E-state index in [1.165, 1.54) is 10.2 Å². The fourth-order valence-corrected chi connectivity index (χ4v) is 3.60. The van der Waals surface area contributed by atoms with E-state index in [0.29, 0.717) is 11.4 Å². The van der Waals surface area contributed by atoms with Crippen molar-refractivity contribution in [2.75, 3.05) is 5.84 Å².